The van der Waals surface area contributed by atoms with Gasteiger partial charge in [-0.1, -0.05) is 19.8 Å². The minimum Gasteiger partial charge on any atom is -0.472 e. The van der Waals surface area contributed by atoms with Crippen molar-refractivity contribution >= 4 is 16.0 Å². The fourth-order valence-corrected chi connectivity index (χ4v) is 4.09. The van der Waals surface area contributed by atoms with Crippen molar-refractivity contribution in [1.29, 1.82) is 0 Å². The molecule has 0 spiro atoms. The topological polar surface area (TPSA) is 71.4 Å². The fourth-order valence-electron chi connectivity index (χ4n) is 2.17. The van der Waals surface area contributed by atoms with Crippen LogP contribution in [0.2, 0.25) is 0 Å². The van der Waals surface area contributed by atoms with Gasteiger partial charge in [0.05, 0.1) is 8.96 Å². The van der Waals surface area contributed by atoms with E-state index in [-0.39, 0.29) is 6.42 Å². The van der Waals surface area contributed by atoms with Crippen LogP contribution in [0.25, 0.3) is 0 Å². The number of hydrogen-bond acceptors (Lipinski definition) is 3. The van der Waals surface area contributed by atoms with Crippen LogP contribution in [0.15, 0.2) is 0 Å². The second-order valence-electron chi connectivity index (χ2n) is 4.62. The van der Waals surface area contributed by atoms with Gasteiger partial charge in [-0.2, -0.15) is 8.42 Å². The number of aliphatic carboxylic acids is 1. The number of carbonyl (C=O) groups is 1. The Labute approximate surface area is 107 Å². The van der Waals surface area contributed by atoms with E-state index in [2.05, 4.69) is 0 Å². The van der Waals surface area contributed by atoms with Gasteiger partial charge in [-0.15, -0.1) is 8.78 Å². The first-order valence-corrected chi connectivity index (χ1v) is 7.10. The summed E-state index contributed by atoms with van der Waals surface area (Å²) >= 11 is 0. The standard InChI is InChI=1S/C9H13F4NO4S/c1-6-4-2-3-5-7(6)19(17,18)14(12,13)9(10,11)8(15)16/h6-7H,2-5H2,1H3/p+1. The lowest BCUT2D eigenvalue weighted by Crippen LogP contribution is -2.59. The molecule has 0 radical (unpaired) electrons. The van der Waals surface area contributed by atoms with Crippen LogP contribution in [0.1, 0.15) is 32.6 Å². The van der Waals surface area contributed by atoms with Crippen LogP contribution in [-0.2, 0) is 14.8 Å². The SMILES string of the molecule is CC1CCCCC1S(=O)(=O)[N+](F)(F)C(F)(F)C(=O)O. The third-order valence-corrected chi connectivity index (χ3v) is 5.65. The molecule has 2 atom stereocenters. The van der Waals surface area contributed by atoms with Crippen LogP contribution in [0.4, 0.5) is 17.7 Å². The van der Waals surface area contributed by atoms with Crippen LogP contribution in [0, 0.1) is 5.92 Å². The molecule has 0 heterocycles. The van der Waals surface area contributed by atoms with Gasteiger partial charge in [0.15, 0.2) is 0 Å². The summed E-state index contributed by atoms with van der Waals surface area (Å²) in [5, 5.41) is 6.43. The van der Waals surface area contributed by atoms with E-state index in [1.807, 2.05) is 0 Å². The van der Waals surface area contributed by atoms with Gasteiger partial charge in [0.2, 0.25) is 4.33 Å². The number of alkyl halides is 2. The van der Waals surface area contributed by atoms with E-state index in [1.54, 1.807) is 0 Å². The van der Waals surface area contributed by atoms with E-state index in [0.29, 0.717) is 19.3 Å². The predicted molar refractivity (Wildman–Crippen MR) is 55.4 cm³/mol. The van der Waals surface area contributed by atoms with Gasteiger partial charge in [0.25, 0.3) is 0 Å². The molecular formula is C9H14F4NO4S+. The Morgan fingerprint density at radius 3 is 2.16 bits per heavy atom. The largest absolute Gasteiger partial charge is 0.580 e. The molecule has 0 aromatic carbocycles. The molecule has 2 unspecified atom stereocenters. The molecule has 1 N–H and O–H groups in total. The van der Waals surface area contributed by atoms with Crippen molar-refractivity contribution in [3.8, 4) is 0 Å². The van der Waals surface area contributed by atoms with E-state index in [9.17, 15) is 31.0 Å². The predicted octanol–water partition coefficient (Wildman–Crippen LogP) is 2.16. The highest BCUT2D eigenvalue weighted by molar-refractivity contribution is 7.86. The van der Waals surface area contributed by atoms with Crippen molar-refractivity contribution in [2.45, 2.75) is 43.9 Å². The third kappa shape index (κ3) is 2.42. The molecule has 19 heavy (non-hydrogen) atoms. The first-order chi connectivity index (χ1) is 8.46. The summed E-state index contributed by atoms with van der Waals surface area (Å²) < 4.78 is 71.2. The summed E-state index contributed by atoms with van der Waals surface area (Å²) in [4.78, 5) is 10.2. The quantitative estimate of drug-likeness (QED) is 0.491. The monoisotopic (exact) mass is 308 g/mol. The van der Waals surface area contributed by atoms with Gasteiger partial charge in [-0.25, -0.2) is 4.79 Å². The maximum atomic E-state index is 13.4. The Morgan fingerprint density at radius 1 is 1.26 bits per heavy atom. The van der Waals surface area contributed by atoms with Crippen molar-refractivity contribution in [1.82, 2.24) is 0 Å². The molecule has 1 saturated carbocycles. The summed E-state index contributed by atoms with van der Waals surface area (Å²) in [6.07, 6.45) is 1.10. The number of hydrogen-bond donors (Lipinski definition) is 1. The minimum absolute atomic E-state index is 0.174. The first-order valence-electron chi connectivity index (χ1n) is 5.60. The molecule has 5 nitrogen and oxygen atoms in total. The van der Waals surface area contributed by atoms with Crippen LogP contribution < -0.4 is 0 Å². The number of quaternary nitrogens is 1. The highest BCUT2D eigenvalue weighted by atomic mass is 32.2. The summed E-state index contributed by atoms with van der Waals surface area (Å²) in [7, 11) is -5.64. The van der Waals surface area contributed by atoms with Crippen molar-refractivity contribution in [2.24, 2.45) is 5.92 Å². The first kappa shape index (κ1) is 16.2. The molecule has 1 fully saturated rings. The number of carboxylic acids is 1. The lowest BCUT2D eigenvalue weighted by molar-refractivity contribution is -1.13. The van der Waals surface area contributed by atoms with Crippen LogP contribution in [0.5, 0.6) is 0 Å². The van der Waals surface area contributed by atoms with Gasteiger partial charge in [0.1, 0.15) is 5.25 Å². The van der Waals surface area contributed by atoms with E-state index >= 15 is 0 Å². The number of sulfonamides is 1. The molecule has 0 aromatic rings. The lowest BCUT2D eigenvalue weighted by atomic mass is 9.90. The van der Waals surface area contributed by atoms with Crippen molar-refractivity contribution in [2.75, 3.05) is 0 Å². The van der Waals surface area contributed by atoms with Crippen molar-refractivity contribution < 1.29 is 40.4 Å². The maximum Gasteiger partial charge on any atom is 0.580 e. The highest BCUT2D eigenvalue weighted by Crippen LogP contribution is 2.42. The minimum atomic E-state index is -5.70. The summed E-state index contributed by atoms with van der Waals surface area (Å²) in [5.74, 6) is -3.89. The number of halogens is 4. The molecule has 10 heteroatoms. The molecule has 1 rings (SSSR count). The molecule has 0 aromatic heterocycles. The van der Waals surface area contributed by atoms with E-state index in [0.717, 1.165) is 0 Å². The summed E-state index contributed by atoms with van der Waals surface area (Å²) in [5.41, 5.74) is 0. The van der Waals surface area contributed by atoms with Crippen molar-refractivity contribution in [3.63, 3.8) is 0 Å². The van der Waals surface area contributed by atoms with Gasteiger partial charge in [-0.3, -0.25) is 0 Å². The summed E-state index contributed by atoms with van der Waals surface area (Å²) in [6.45, 7) is 1.38. The zero-order valence-electron chi connectivity index (χ0n) is 10.0. The zero-order chi connectivity index (χ0) is 15.1. The zero-order valence-corrected chi connectivity index (χ0v) is 10.8. The fraction of sp³-hybridized carbons (Fsp3) is 0.889. The number of rotatable bonds is 4. The number of nitrogens with zero attached hydrogens (tertiary/aromatic N) is 1. The van der Waals surface area contributed by atoms with Gasteiger partial charge >= 0.3 is 22.0 Å². The second kappa shape index (κ2) is 4.89. The van der Waals surface area contributed by atoms with E-state index in [4.69, 9.17) is 5.11 Å². The average Bonchev–Trinajstić information content (AvgIpc) is 2.28. The molecule has 0 amide bonds. The highest BCUT2D eigenvalue weighted by Gasteiger charge is 2.76. The Hall–Kier alpha value is -0.900. The molecule has 112 valence electrons. The Balaban J connectivity index is 3.21. The average molecular weight is 308 g/mol. The van der Waals surface area contributed by atoms with Gasteiger partial charge in [-0.05, 0) is 18.8 Å². The lowest BCUT2D eigenvalue weighted by Gasteiger charge is -2.29. The number of carboxylic acid groups (broad SMARTS) is 1. The smallest absolute Gasteiger partial charge is 0.472 e. The van der Waals surface area contributed by atoms with E-state index in [1.165, 1.54) is 6.92 Å². The molecule has 1 aliphatic carbocycles. The van der Waals surface area contributed by atoms with E-state index < -0.39 is 37.5 Å². The van der Waals surface area contributed by atoms with Gasteiger partial charge < -0.3 is 5.11 Å². The third-order valence-electron chi connectivity index (χ3n) is 3.32. The van der Waals surface area contributed by atoms with Crippen LogP contribution in [0.3, 0.4) is 0 Å². The Bertz CT molecular complexity index is 465. The van der Waals surface area contributed by atoms with Crippen LogP contribution in [-0.4, -0.2) is 35.1 Å². The molecular weight excluding hydrogens is 294 g/mol. The molecule has 1 aliphatic rings. The second-order valence-corrected chi connectivity index (χ2v) is 6.72. The van der Waals surface area contributed by atoms with Gasteiger partial charge in [0, 0.05) is 0 Å². The molecule has 0 aliphatic heterocycles. The Kier molecular flexibility index (Phi) is 4.16. The Morgan fingerprint density at radius 2 is 1.74 bits per heavy atom. The maximum absolute atomic E-state index is 13.4. The molecule has 0 bridgehead atoms. The molecule has 0 saturated heterocycles. The van der Waals surface area contributed by atoms with Crippen molar-refractivity contribution in [3.05, 3.63) is 0 Å². The summed E-state index contributed by atoms with van der Waals surface area (Å²) in [6, 6.07) is -5.70. The normalized spacial score (nSPS) is 26.2. The van der Waals surface area contributed by atoms with Crippen LogP contribution >= 0.6 is 0 Å².